The summed E-state index contributed by atoms with van der Waals surface area (Å²) in [6.45, 7) is 4.59. The smallest absolute Gasteiger partial charge is 0.142 e. The van der Waals surface area contributed by atoms with Gasteiger partial charge in [0.1, 0.15) is 23.2 Å². The molecule has 1 heterocycles. The Labute approximate surface area is 147 Å². The fourth-order valence-electron chi connectivity index (χ4n) is 2.76. The Balaban J connectivity index is 2.12. The maximum absolute atomic E-state index is 9.50. The Morgan fingerprint density at radius 3 is 2.48 bits per heavy atom. The Hall–Kier alpha value is -3.32. The molecule has 0 bridgehead atoms. The van der Waals surface area contributed by atoms with Gasteiger partial charge in [-0.1, -0.05) is 29.8 Å². The fourth-order valence-corrected chi connectivity index (χ4v) is 2.76. The first-order valence-electron chi connectivity index (χ1n) is 8.13. The van der Waals surface area contributed by atoms with Crippen molar-refractivity contribution in [2.75, 3.05) is 12.3 Å². The quantitative estimate of drug-likeness (QED) is 0.760. The molecule has 0 fully saturated rings. The Morgan fingerprint density at radius 2 is 1.84 bits per heavy atom. The number of nitrogen functional groups attached to an aromatic ring is 1. The number of nitriles is 1. The van der Waals surface area contributed by atoms with Gasteiger partial charge in [0.15, 0.2) is 0 Å². The van der Waals surface area contributed by atoms with Gasteiger partial charge in [-0.3, -0.25) is 0 Å². The van der Waals surface area contributed by atoms with Gasteiger partial charge in [-0.05, 0) is 49.7 Å². The van der Waals surface area contributed by atoms with Gasteiger partial charge in [-0.15, -0.1) is 0 Å². The monoisotopic (exact) mass is 329 g/mol. The molecule has 0 atom stereocenters. The van der Waals surface area contributed by atoms with Gasteiger partial charge < -0.3 is 10.5 Å². The minimum atomic E-state index is 0.241. The van der Waals surface area contributed by atoms with Crippen LogP contribution < -0.4 is 10.5 Å². The van der Waals surface area contributed by atoms with Crippen LogP contribution in [0.4, 0.5) is 5.82 Å². The summed E-state index contributed by atoms with van der Waals surface area (Å²) in [6, 6.07) is 19.8. The lowest BCUT2D eigenvalue weighted by Gasteiger charge is -2.11. The number of benzene rings is 2. The number of aromatic nitrogens is 1. The molecule has 3 aromatic rings. The van der Waals surface area contributed by atoms with Gasteiger partial charge in [-0.2, -0.15) is 5.26 Å². The van der Waals surface area contributed by atoms with Crippen molar-refractivity contribution in [2.45, 2.75) is 13.8 Å². The number of anilines is 1. The minimum Gasteiger partial charge on any atom is -0.494 e. The number of ether oxygens (including phenoxy) is 1. The number of rotatable bonds is 4. The molecule has 2 N–H and O–H groups in total. The van der Waals surface area contributed by atoms with Crippen LogP contribution in [-0.4, -0.2) is 11.6 Å². The summed E-state index contributed by atoms with van der Waals surface area (Å²) in [4.78, 5) is 4.41. The van der Waals surface area contributed by atoms with Gasteiger partial charge in [0.2, 0.25) is 0 Å². The van der Waals surface area contributed by atoms with Crippen molar-refractivity contribution in [3.63, 3.8) is 0 Å². The number of pyridine rings is 1. The summed E-state index contributed by atoms with van der Waals surface area (Å²) in [5.74, 6) is 1.05. The van der Waals surface area contributed by atoms with Crippen LogP contribution >= 0.6 is 0 Å². The van der Waals surface area contributed by atoms with Gasteiger partial charge >= 0.3 is 0 Å². The van der Waals surface area contributed by atoms with Gasteiger partial charge in [0, 0.05) is 11.1 Å². The summed E-state index contributed by atoms with van der Waals surface area (Å²) in [7, 11) is 0. The van der Waals surface area contributed by atoms with E-state index in [1.807, 2.05) is 68.4 Å². The summed E-state index contributed by atoms with van der Waals surface area (Å²) < 4.78 is 5.48. The second kappa shape index (κ2) is 7.06. The van der Waals surface area contributed by atoms with Crippen molar-refractivity contribution < 1.29 is 4.74 Å². The van der Waals surface area contributed by atoms with Crippen LogP contribution in [0.3, 0.4) is 0 Å². The van der Waals surface area contributed by atoms with Crippen LogP contribution in [0.15, 0.2) is 54.6 Å². The van der Waals surface area contributed by atoms with Gasteiger partial charge in [0.05, 0.1) is 12.3 Å². The predicted octanol–water partition coefficient (Wildman–Crippen LogP) is 4.58. The average Bonchev–Trinajstić information content (AvgIpc) is 2.62. The van der Waals surface area contributed by atoms with Crippen LogP contribution in [0, 0.1) is 18.3 Å². The summed E-state index contributed by atoms with van der Waals surface area (Å²) >= 11 is 0. The highest BCUT2D eigenvalue weighted by atomic mass is 16.5. The molecule has 3 rings (SSSR count). The van der Waals surface area contributed by atoms with Crippen LogP contribution in [0.1, 0.15) is 18.1 Å². The third kappa shape index (κ3) is 3.46. The van der Waals surface area contributed by atoms with E-state index < -0.39 is 0 Å². The van der Waals surface area contributed by atoms with E-state index in [1.54, 1.807) is 0 Å². The van der Waals surface area contributed by atoms with Crippen molar-refractivity contribution in [1.29, 1.82) is 5.26 Å². The van der Waals surface area contributed by atoms with Crippen LogP contribution in [0.2, 0.25) is 0 Å². The first-order chi connectivity index (χ1) is 12.1. The van der Waals surface area contributed by atoms with E-state index in [-0.39, 0.29) is 5.82 Å². The van der Waals surface area contributed by atoms with E-state index >= 15 is 0 Å². The molecular formula is C21H19N3O. The lowest BCUT2D eigenvalue weighted by atomic mass is 9.97. The summed E-state index contributed by atoms with van der Waals surface area (Å²) in [5, 5.41) is 9.50. The molecule has 1 aromatic heterocycles. The molecule has 0 aliphatic carbocycles. The highest BCUT2D eigenvalue weighted by molar-refractivity contribution is 5.80. The number of hydrogen-bond acceptors (Lipinski definition) is 4. The maximum atomic E-state index is 9.50. The van der Waals surface area contributed by atoms with E-state index in [1.165, 1.54) is 0 Å². The third-order valence-electron chi connectivity index (χ3n) is 3.95. The molecule has 0 spiro atoms. The molecule has 25 heavy (non-hydrogen) atoms. The molecule has 4 heteroatoms. The molecule has 0 saturated carbocycles. The molecular weight excluding hydrogens is 310 g/mol. The first-order valence-corrected chi connectivity index (χ1v) is 8.13. The average molecular weight is 329 g/mol. The van der Waals surface area contributed by atoms with E-state index in [0.29, 0.717) is 12.2 Å². The first kappa shape index (κ1) is 16.5. The second-order valence-corrected chi connectivity index (χ2v) is 5.75. The Kier molecular flexibility index (Phi) is 4.67. The van der Waals surface area contributed by atoms with E-state index in [2.05, 4.69) is 11.1 Å². The highest BCUT2D eigenvalue weighted by Gasteiger charge is 2.13. The molecule has 0 radical (unpaired) electrons. The fraction of sp³-hybridized carbons (Fsp3) is 0.143. The zero-order valence-corrected chi connectivity index (χ0v) is 14.3. The molecule has 0 saturated heterocycles. The zero-order valence-electron chi connectivity index (χ0n) is 14.3. The van der Waals surface area contributed by atoms with E-state index in [4.69, 9.17) is 10.5 Å². The predicted molar refractivity (Wildman–Crippen MR) is 100 cm³/mol. The Bertz CT molecular complexity index is 940. The molecule has 2 aromatic carbocycles. The van der Waals surface area contributed by atoms with Gasteiger partial charge in [-0.25, -0.2) is 4.98 Å². The van der Waals surface area contributed by atoms with Crippen molar-refractivity contribution in [1.82, 2.24) is 4.98 Å². The molecule has 0 aliphatic rings. The van der Waals surface area contributed by atoms with Crippen LogP contribution in [0.25, 0.3) is 22.4 Å². The summed E-state index contributed by atoms with van der Waals surface area (Å²) in [6.07, 6.45) is 0. The van der Waals surface area contributed by atoms with E-state index in [0.717, 1.165) is 33.7 Å². The summed E-state index contributed by atoms with van der Waals surface area (Å²) in [5.41, 5.74) is 11.0. The molecule has 4 nitrogen and oxygen atoms in total. The standard InChI is InChI=1S/C21H19N3O/c1-3-25-17-9-7-15(8-10-17)20-12-18(19(13-22)21(23)24-20)16-6-4-5-14(2)11-16/h4-12H,3H2,1-2H3,(H2,23,24). The third-order valence-corrected chi connectivity index (χ3v) is 3.95. The normalized spacial score (nSPS) is 10.3. The largest absolute Gasteiger partial charge is 0.494 e. The lowest BCUT2D eigenvalue weighted by Crippen LogP contribution is -2.00. The number of aryl methyl sites for hydroxylation is 1. The molecule has 0 aliphatic heterocycles. The van der Waals surface area contributed by atoms with Crippen LogP contribution in [0.5, 0.6) is 5.75 Å². The second-order valence-electron chi connectivity index (χ2n) is 5.75. The number of hydrogen-bond donors (Lipinski definition) is 1. The molecule has 0 unspecified atom stereocenters. The zero-order chi connectivity index (χ0) is 17.8. The number of nitrogens with zero attached hydrogens (tertiary/aromatic N) is 2. The minimum absolute atomic E-state index is 0.241. The SMILES string of the molecule is CCOc1ccc(-c2cc(-c3cccc(C)c3)c(C#N)c(N)n2)cc1. The van der Waals surface area contributed by atoms with Crippen molar-refractivity contribution in [3.05, 3.63) is 65.7 Å². The van der Waals surface area contributed by atoms with Crippen LogP contribution in [-0.2, 0) is 0 Å². The lowest BCUT2D eigenvalue weighted by molar-refractivity contribution is 0.340. The van der Waals surface area contributed by atoms with Gasteiger partial charge in [0.25, 0.3) is 0 Å². The van der Waals surface area contributed by atoms with Crippen molar-refractivity contribution in [3.8, 4) is 34.2 Å². The number of nitrogens with two attached hydrogens (primary N) is 1. The maximum Gasteiger partial charge on any atom is 0.142 e. The van der Waals surface area contributed by atoms with E-state index in [9.17, 15) is 5.26 Å². The van der Waals surface area contributed by atoms with Crippen molar-refractivity contribution >= 4 is 5.82 Å². The molecule has 0 amide bonds. The Morgan fingerprint density at radius 1 is 1.08 bits per heavy atom. The highest BCUT2D eigenvalue weighted by Crippen LogP contribution is 2.32. The topological polar surface area (TPSA) is 71.9 Å². The molecule has 124 valence electrons. The van der Waals surface area contributed by atoms with Crippen molar-refractivity contribution in [2.24, 2.45) is 0 Å².